The van der Waals surface area contributed by atoms with Crippen molar-refractivity contribution >= 4 is 19.9 Å². The van der Waals surface area contributed by atoms with Crippen LogP contribution in [0.5, 0.6) is 0 Å². The summed E-state index contributed by atoms with van der Waals surface area (Å²) in [6, 6.07) is 0. The van der Waals surface area contributed by atoms with Crippen LogP contribution in [0.15, 0.2) is 0 Å². The molecule has 0 aromatic heterocycles. The molecule has 0 unspecified atom stereocenters. The smallest absolute Gasteiger partial charge is 0.259 e. The summed E-state index contributed by atoms with van der Waals surface area (Å²) in [4.78, 5) is 0. The predicted molar refractivity (Wildman–Crippen MR) is 47.9 cm³/mol. The Kier molecular flexibility index (Phi) is 4.43. The molecule has 0 radical (unpaired) electrons. The molecule has 68 valence electrons. The zero-order chi connectivity index (χ0) is 9.07. The Balaban J connectivity index is 4.03. The van der Waals surface area contributed by atoms with E-state index in [2.05, 4.69) is 4.18 Å². The van der Waals surface area contributed by atoms with E-state index in [0.717, 1.165) is 10.8 Å². The van der Waals surface area contributed by atoms with Gasteiger partial charge in [-0.15, -0.1) is 0 Å². The van der Waals surface area contributed by atoms with Crippen molar-refractivity contribution in [2.24, 2.45) is 0 Å². The van der Waals surface area contributed by atoms with Gasteiger partial charge in [-0.25, -0.2) is 0 Å². The summed E-state index contributed by atoms with van der Waals surface area (Å²) in [7, 11) is -2.53. The van der Waals surface area contributed by atoms with E-state index in [9.17, 15) is 8.42 Å². The summed E-state index contributed by atoms with van der Waals surface area (Å²) in [5, 5.41) is 0.0405. The molecular formula is C6H14O3S2. The summed E-state index contributed by atoms with van der Waals surface area (Å²) in [5.41, 5.74) is 0. The maximum Gasteiger partial charge on any atom is 0.322 e. The molecule has 0 aliphatic heterocycles. The van der Waals surface area contributed by atoms with Gasteiger partial charge in [-0.05, 0) is 24.6 Å². The molecule has 0 aliphatic carbocycles. The molecule has 0 spiro atoms. The fourth-order valence-electron chi connectivity index (χ4n) is 0.494. The minimum atomic E-state index is -3.36. The van der Waals surface area contributed by atoms with E-state index in [1.807, 2.05) is 13.8 Å². The van der Waals surface area contributed by atoms with E-state index in [1.54, 1.807) is 13.8 Å². The van der Waals surface area contributed by atoms with Crippen LogP contribution >= 0.6 is 10.8 Å². The molecule has 0 atom stereocenters. The first-order chi connectivity index (χ1) is 4.83. The lowest BCUT2D eigenvalue weighted by atomic mass is 10.5. The third-order valence-corrected chi connectivity index (χ3v) is 3.96. The quantitative estimate of drug-likeness (QED) is 0.646. The van der Waals surface area contributed by atoms with Gasteiger partial charge in [0.2, 0.25) is 0 Å². The van der Waals surface area contributed by atoms with E-state index < -0.39 is 9.15 Å². The van der Waals surface area contributed by atoms with Crippen LogP contribution in [0.4, 0.5) is 0 Å². The average Bonchev–Trinajstić information content (AvgIpc) is 1.53. The molecule has 11 heavy (non-hydrogen) atoms. The number of hydrogen-bond donors (Lipinski definition) is 0. The van der Waals surface area contributed by atoms with Crippen LogP contribution in [0.2, 0.25) is 0 Å². The van der Waals surface area contributed by atoms with Gasteiger partial charge in [-0.1, -0.05) is 13.8 Å². The highest BCUT2D eigenvalue weighted by Crippen LogP contribution is 2.21. The first kappa shape index (κ1) is 11.3. The summed E-state index contributed by atoms with van der Waals surface area (Å²) < 4.78 is 26.7. The minimum absolute atomic E-state index is 0.0405. The molecule has 0 bridgehead atoms. The first-order valence-electron chi connectivity index (χ1n) is 3.45. The monoisotopic (exact) mass is 198 g/mol. The van der Waals surface area contributed by atoms with Gasteiger partial charge in [-0.2, -0.15) is 8.42 Å². The average molecular weight is 198 g/mol. The molecule has 0 aromatic rings. The summed E-state index contributed by atoms with van der Waals surface area (Å²) in [5.74, 6) is 0. The van der Waals surface area contributed by atoms with Crippen LogP contribution in [0.1, 0.15) is 27.7 Å². The third kappa shape index (κ3) is 6.65. The second kappa shape index (κ2) is 4.33. The molecule has 0 aliphatic rings. The molecule has 5 heteroatoms. The molecule has 0 aromatic carbocycles. The lowest BCUT2D eigenvalue weighted by Crippen LogP contribution is -2.10. The maximum atomic E-state index is 11.0. The summed E-state index contributed by atoms with van der Waals surface area (Å²) >= 11 is 0. The molecule has 0 heterocycles. The lowest BCUT2D eigenvalue weighted by Gasteiger charge is -2.08. The van der Waals surface area contributed by atoms with Gasteiger partial charge in [0.05, 0.1) is 6.10 Å². The van der Waals surface area contributed by atoms with Crippen molar-refractivity contribution in [2.45, 2.75) is 39.0 Å². The molecule has 0 fully saturated rings. The largest absolute Gasteiger partial charge is 0.322 e. The van der Waals surface area contributed by atoms with E-state index in [4.69, 9.17) is 0 Å². The topological polar surface area (TPSA) is 43.4 Å². The van der Waals surface area contributed by atoms with Crippen LogP contribution < -0.4 is 0 Å². The molecule has 0 amide bonds. The van der Waals surface area contributed by atoms with Crippen molar-refractivity contribution < 1.29 is 12.6 Å². The molecule has 3 nitrogen and oxygen atoms in total. The third-order valence-electron chi connectivity index (χ3n) is 0.621. The van der Waals surface area contributed by atoms with Gasteiger partial charge in [0.1, 0.15) is 0 Å². The maximum absolute atomic E-state index is 11.0. The van der Waals surface area contributed by atoms with Crippen molar-refractivity contribution in [3.8, 4) is 0 Å². The van der Waals surface area contributed by atoms with Crippen LogP contribution in [0, 0.1) is 0 Å². The molecule has 0 saturated heterocycles. The number of hydrogen-bond acceptors (Lipinski definition) is 4. The molecule has 0 saturated carbocycles. The lowest BCUT2D eigenvalue weighted by molar-refractivity contribution is 0.257. The summed E-state index contributed by atoms with van der Waals surface area (Å²) in [6.45, 7) is 7.01. The van der Waals surface area contributed by atoms with E-state index >= 15 is 0 Å². The van der Waals surface area contributed by atoms with Gasteiger partial charge in [0.15, 0.2) is 0 Å². The van der Waals surface area contributed by atoms with Crippen LogP contribution in [0.25, 0.3) is 0 Å². The Bertz CT molecular complexity index is 178. The zero-order valence-corrected chi connectivity index (χ0v) is 8.83. The van der Waals surface area contributed by atoms with Crippen molar-refractivity contribution in [3.05, 3.63) is 0 Å². The second-order valence-corrected chi connectivity index (χ2v) is 6.64. The predicted octanol–water partition coefficient (Wildman–Crippen LogP) is 1.80. The van der Waals surface area contributed by atoms with Crippen LogP contribution in [0.3, 0.4) is 0 Å². The van der Waals surface area contributed by atoms with Gasteiger partial charge in [-0.3, -0.25) is 4.18 Å². The fraction of sp³-hybridized carbons (Fsp3) is 1.00. The van der Waals surface area contributed by atoms with Crippen LogP contribution in [-0.4, -0.2) is 19.8 Å². The molecule has 0 rings (SSSR count). The van der Waals surface area contributed by atoms with Crippen molar-refractivity contribution in [1.82, 2.24) is 0 Å². The molecular weight excluding hydrogens is 184 g/mol. The SMILES string of the molecule is CC(C)OS(=O)(=O)SC(C)C. The van der Waals surface area contributed by atoms with E-state index in [1.165, 1.54) is 0 Å². The summed E-state index contributed by atoms with van der Waals surface area (Å²) in [6.07, 6.45) is -0.272. The van der Waals surface area contributed by atoms with Crippen molar-refractivity contribution in [2.75, 3.05) is 0 Å². The standard InChI is InChI=1S/C6H14O3S2/c1-5(2)9-11(7,8)10-6(3)4/h5-6H,1-4H3. The van der Waals surface area contributed by atoms with Gasteiger partial charge in [0, 0.05) is 5.25 Å². The zero-order valence-electron chi connectivity index (χ0n) is 7.20. The minimum Gasteiger partial charge on any atom is -0.259 e. The highest BCUT2D eigenvalue weighted by molar-refractivity contribution is 8.70. The Morgan fingerprint density at radius 1 is 1.18 bits per heavy atom. The van der Waals surface area contributed by atoms with Gasteiger partial charge in [0.25, 0.3) is 0 Å². The Morgan fingerprint density at radius 3 is 1.91 bits per heavy atom. The van der Waals surface area contributed by atoms with Crippen molar-refractivity contribution in [3.63, 3.8) is 0 Å². The highest BCUT2D eigenvalue weighted by Gasteiger charge is 2.15. The first-order valence-corrected chi connectivity index (χ1v) is 6.25. The second-order valence-electron chi connectivity index (χ2n) is 2.70. The van der Waals surface area contributed by atoms with Crippen molar-refractivity contribution in [1.29, 1.82) is 0 Å². The van der Waals surface area contributed by atoms with Crippen LogP contribution in [-0.2, 0) is 13.3 Å². The van der Waals surface area contributed by atoms with Gasteiger partial charge < -0.3 is 0 Å². The highest BCUT2D eigenvalue weighted by atomic mass is 33.1. The number of rotatable bonds is 4. The Morgan fingerprint density at radius 2 is 1.64 bits per heavy atom. The fourth-order valence-corrected chi connectivity index (χ4v) is 3.50. The van der Waals surface area contributed by atoms with Gasteiger partial charge >= 0.3 is 9.15 Å². The van der Waals surface area contributed by atoms with E-state index in [-0.39, 0.29) is 11.4 Å². The molecule has 0 N–H and O–H groups in total. The van der Waals surface area contributed by atoms with E-state index in [0.29, 0.717) is 0 Å². The Labute approximate surface area is 72.0 Å². The Hall–Kier alpha value is 0.260. The normalized spacial score (nSPS) is 12.9.